The number of piperidine rings is 1. The number of rotatable bonds is 3. The van der Waals surface area contributed by atoms with Gasteiger partial charge in [0.1, 0.15) is 12.0 Å². The number of carbonyl (C=O) groups is 1. The van der Waals surface area contributed by atoms with E-state index in [1.54, 1.807) is 0 Å². The monoisotopic (exact) mass is 279 g/mol. The number of aryl methyl sites for hydroxylation is 1. The van der Waals surface area contributed by atoms with Crippen LogP contribution in [-0.4, -0.2) is 36.1 Å². The van der Waals surface area contributed by atoms with Crippen molar-refractivity contribution in [2.24, 2.45) is 5.92 Å². The summed E-state index contributed by atoms with van der Waals surface area (Å²) >= 11 is 0. The van der Waals surface area contributed by atoms with Crippen molar-refractivity contribution in [3.05, 3.63) is 27.9 Å². The van der Waals surface area contributed by atoms with Crippen molar-refractivity contribution in [2.75, 3.05) is 25.1 Å². The lowest BCUT2D eigenvalue weighted by Crippen LogP contribution is -2.37. The summed E-state index contributed by atoms with van der Waals surface area (Å²) in [5, 5.41) is 10.7. The van der Waals surface area contributed by atoms with Gasteiger partial charge < -0.3 is 9.64 Å². The van der Waals surface area contributed by atoms with Crippen LogP contribution >= 0.6 is 0 Å². The summed E-state index contributed by atoms with van der Waals surface area (Å²) in [7, 11) is 1.40. The molecule has 0 radical (unpaired) electrons. The molecule has 0 aromatic carbocycles. The highest BCUT2D eigenvalue weighted by atomic mass is 16.6. The maximum absolute atomic E-state index is 11.5. The van der Waals surface area contributed by atoms with Crippen LogP contribution in [0, 0.1) is 23.0 Å². The van der Waals surface area contributed by atoms with Crippen LogP contribution in [0.25, 0.3) is 0 Å². The van der Waals surface area contributed by atoms with Crippen molar-refractivity contribution >= 4 is 17.5 Å². The molecule has 1 aromatic rings. The van der Waals surface area contributed by atoms with Gasteiger partial charge in [0.05, 0.1) is 18.0 Å². The normalized spacial score (nSPS) is 16.0. The molecule has 1 fully saturated rings. The molecule has 0 atom stereocenters. The number of hydrogen-bond donors (Lipinski definition) is 0. The molecule has 1 aromatic heterocycles. The van der Waals surface area contributed by atoms with Gasteiger partial charge in [0.2, 0.25) is 0 Å². The lowest BCUT2D eigenvalue weighted by Gasteiger charge is -2.32. The maximum Gasteiger partial charge on any atom is 0.308 e. The van der Waals surface area contributed by atoms with Crippen LogP contribution < -0.4 is 4.90 Å². The fraction of sp³-hybridized carbons (Fsp3) is 0.538. The third-order valence-electron chi connectivity index (χ3n) is 3.58. The van der Waals surface area contributed by atoms with Crippen LogP contribution in [0.1, 0.15) is 18.4 Å². The van der Waals surface area contributed by atoms with E-state index in [1.165, 1.54) is 19.4 Å². The van der Waals surface area contributed by atoms with Gasteiger partial charge in [-0.05, 0) is 25.3 Å². The Hall–Kier alpha value is -2.18. The molecule has 2 heterocycles. The molecule has 0 spiro atoms. The Kier molecular flexibility index (Phi) is 4.16. The molecule has 0 bridgehead atoms. The Labute approximate surface area is 116 Å². The predicted octanol–water partition coefficient (Wildman–Crippen LogP) is 1.69. The summed E-state index contributed by atoms with van der Waals surface area (Å²) in [6.45, 7) is 3.21. The number of ether oxygens (including phenoxy) is 1. The number of pyridine rings is 1. The van der Waals surface area contributed by atoms with E-state index in [9.17, 15) is 14.9 Å². The van der Waals surface area contributed by atoms with Crippen molar-refractivity contribution in [3.8, 4) is 0 Å². The molecule has 108 valence electrons. The largest absolute Gasteiger partial charge is 0.469 e. The highest BCUT2D eigenvalue weighted by Crippen LogP contribution is 2.26. The summed E-state index contributed by atoms with van der Waals surface area (Å²) in [5.74, 6) is 0.520. The second-order valence-corrected chi connectivity index (χ2v) is 4.88. The molecule has 0 unspecified atom stereocenters. The zero-order chi connectivity index (χ0) is 14.7. The quantitative estimate of drug-likeness (QED) is 0.475. The number of carbonyl (C=O) groups excluding carboxylic acids is 1. The lowest BCUT2D eigenvalue weighted by atomic mass is 9.97. The Morgan fingerprint density at radius 3 is 2.65 bits per heavy atom. The fourth-order valence-electron chi connectivity index (χ4n) is 2.48. The zero-order valence-electron chi connectivity index (χ0n) is 11.5. The number of anilines is 1. The van der Waals surface area contributed by atoms with Crippen molar-refractivity contribution in [1.29, 1.82) is 0 Å². The third-order valence-corrected chi connectivity index (χ3v) is 3.58. The molecular formula is C13H17N3O4. The van der Waals surface area contributed by atoms with Crippen molar-refractivity contribution in [1.82, 2.24) is 4.98 Å². The maximum atomic E-state index is 11.5. The summed E-state index contributed by atoms with van der Waals surface area (Å²) in [4.78, 5) is 27.9. The molecule has 1 aliphatic rings. The Morgan fingerprint density at radius 1 is 1.50 bits per heavy atom. The first kappa shape index (κ1) is 14.2. The van der Waals surface area contributed by atoms with Crippen LogP contribution in [0.3, 0.4) is 0 Å². The summed E-state index contributed by atoms with van der Waals surface area (Å²) in [5.41, 5.74) is 0.770. The molecule has 1 aliphatic heterocycles. The molecular weight excluding hydrogens is 262 g/mol. The van der Waals surface area contributed by atoms with Gasteiger partial charge in [-0.3, -0.25) is 14.9 Å². The Bertz CT molecular complexity index is 524. The lowest BCUT2D eigenvalue weighted by molar-refractivity contribution is -0.385. The van der Waals surface area contributed by atoms with Gasteiger partial charge in [-0.15, -0.1) is 0 Å². The van der Waals surface area contributed by atoms with E-state index in [4.69, 9.17) is 4.74 Å². The first-order valence-electron chi connectivity index (χ1n) is 6.46. The molecule has 2 rings (SSSR count). The van der Waals surface area contributed by atoms with E-state index >= 15 is 0 Å². The van der Waals surface area contributed by atoms with Crippen LogP contribution in [0.15, 0.2) is 12.3 Å². The van der Waals surface area contributed by atoms with Crippen LogP contribution in [-0.2, 0) is 9.53 Å². The first-order valence-corrected chi connectivity index (χ1v) is 6.46. The Morgan fingerprint density at radius 2 is 2.15 bits per heavy atom. The molecule has 0 aliphatic carbocycles. The van der Waals surface area contributed by atoms with Crippen LogP contribution in [0.4, 0.5) is 11.5 Å². The molecule has 20 heavy (non-hydrogen) atoms. The minimum atomic E-state index is -0.451. The van der Waals surface area contributed by atoms with Gasteiger partial charge in [0.15, 0.2) is 0 Å². The van der Waals surface area contributed by atoms with Gasteiger partial charge in [0.25, 0.3) is 5.69 Å². The van der Waals surface area contributed by atoms with Gasteiger partial charge in [0, 0.05) is 19.2 Å². The van der Waals surface area contributed by atoms with Gasteiger partial charge in [-0.2, -0.15) is 0 Å². The summed E-state index contributed by atoms with van der Waals surface area (Å²) in [6.07, 6.45) is 2.70. The summed E-state index contributed by atoms with van der Waals surface area (Å²) < 4.78 is 4.75. The average Bonchev–Trinajstić information content (AvgIpc) is 2.46. The fourth-order valence-corrected chi connectivity index (χ4v) is 2.48. The number of nitrogens with zero attached hydrogens (tertiary/aromatic N) is 3. The molecule has 1 saturated heterocycles. The summed E-state index contributed by atoms with van der Waals surface area (Å²) in [6, 6.07) is 1.52. The standard InChI is InChI=1S/C13H17N3O4/c1-9-7-11(16(18)19)8-14-12(9)15-5-3-10(4-6-15)13(17)20-2/h7-8,10H,3-6H2,1-2H3. The zero-order valence-corrected chi connectivity index (χ0v) is 11.5. The number of methoxy groups -OCH3 is 1. The number of nitro groups is 1. The van der Waals surface area contributed by atoms with E-state index in [-0.39, 0.29) is 17.6 Å². The number of hydrogen-bond acceptors (Lipinski definition) is 6. The van der Waals surface area contributed by atoms with Crippen molar-refractivity contribution in [3.63, 3.8) is 0 Å². The average molecular weight is 279 g/mol. The number of esters is 1. The van der Waals surface area contributed by atoms with E-state index < -0.39 is 4.92 Å². The molecule has 0 N–H and O–H groups in total. The SMILES string of the molecule is COC(=O)C1CCN(c2ncc([N+](=O)[O-])cc2C)CC1. The van der Waals surface area contributed by atoms with Crippen LogP contribution in [0.2, 0.25) is 0 Å². The predicted molar refractivity (Wildman–Crippen MR) is 72.6 cm³/mol. The topological polar surface area (TPSA) is 85.6 Å². The minimum absolute atomic E-state index is 0.00398. The smallest absolute Gasteiger partial charge is 0.308 e. The van der Waals surface area contributed by atoms with E-state index in [0.717, 1.165) is 11.4 Å². The third kappa shape index (κ3) is 2.87. The molecule has 0 saturated carbocycles. The minimum Gasteiger partial charge on any atom is -0.469 e. The van der Waals surface area contributed by atoms with E-state index in [1.807, 2.05) is 6.92 Å². The van der Waals surface area contributed by atoms with Gasteiger partial charge >= 0.3 is 5.97 Å². The first-order chi connectivity index (χ1) is 9.52. The van der Waals surface area contributed by atoms with Gasteiger partial charge in [-0.1, -0.05) is 0 Å². The molecule has 7 nitrogen and oxygen atoms in total. The number of aromatic nitrogens is 1. The highest BCUT2D eigenvalue weighted by molar-refractivity contribution is 5.72. The van der Waals surface area contributed by atoms with Crippen molar-refractivity contribution < 1.29 is 14.5 Å². The second kappa shape index (κ2) is 5.85. The molecule has 0 amide bonds. The van der Waals surface area contributed by atoms with Crippen LogP contribution in [0.5, 0.6) is 0 Å². The van der Waals surface area contributed by atoms with Crippen molar-refractivity contribution in [2.45, 2.75) is 19.8 Å². The Balaban J connectivity index is 2.07. The van der Waals surface area contributed by atoms with E-state index in [2.05, 4.69) is 9.88 Å². The molecule has 7 heteroatoms. The second-order valence-electron chi connectivity index (χ2n) is 4.88. The van der Waals surface area contributed by atoms with Gasteiger partial charge in [-0.25, -0.2) is 4.98 Å². The van der Waals surface area contributed by atoms with E-state index in [0.29, 0.717) is 25.9 Å². The highest BCUT2D eigenvalue weighted by Gasteiger charge is 2.27.